The topological polar surface area (TPSA) is 312 Å². The number of benzene rings is 6. The summed E-state index contributed by atoms with van der Waals surface area (Å²) in [5, 5.41) is 29.4. The number of carbonyl (C=O) groups excluding carboxylic acids is 3. The highest BCUT2D eigenvalue weighted by Gasteiger charge is 2.30. The molecule has 0 aliphatic carbocycles. The Morgan fingerprint density at radius 3 is 1.36 bits per heavy atom. The molecule has 0 radical (unpaired) electrons. The van der Waals surface area contributed by atoms with Crippen LogP contribution < -0.4 is 36.9 Å². The first-order valence-electron chi connectivity index (χ1n) is 18.3. The first-order chi connectivity index (χ1) is 30.4. The SMILES string of the molecule is COc1ccccc1NC(=O)c1c(N)cccc1S(=O)(=O)c1ccc([N+](=O)[O-])cc1.COc1ccccc1NC(=O)c1c(NC(=O)CN)cccc1S(=O)(=O)c1ccc([N+](=O)[O-])cc1. The number of carbonyl (C=O) groups is 3. The molecule has 0 aromatic heterocycles. The molecular weight excluding hydrogens is 875 g/mol. The summed E-state index contributed by atoms with van der Waals surface area (Å²) in [7, 11) is -5.67. The molecule has 64 heavy (non-hydrogen) atoms. The third-order valence-corrected chi connectivity index (χ3v) is 12.6. The Bertz CT molecular complexity index is 2980. The van der Waals surface area contributed by atoms with Crippen molar-refractivity contribution in [3.05, 3.63) is 165 Å². The van der Waals surface area contributed by atoms with Crippen molar-refractivity contribution in [3.8, 4) is 11.5 Å². The van der Waals surface area contributed by atoms with Gasteiger partial charge in [-0.15, -0.1) is 0 Å². The molecule has 0 saturated carbocycles. The number of nitrogens with two attached hydrogens (primary N) is 2. The predicted octanol–water partition coefficient (Wildman–Crippen LogP) is 5.86. The van der Waals surface area contributed by atoms with Gasteiger partial charge in [-0.3, -0.25) is 34.6 Å². The Morgan fingerprint density at radius 2 is 0.938 bits per heavy atom. The molecule has 0 bridgehead atoms. The van der Waals surface area contributed by atoms with Crippen LogP contribution in [-0.2, 0) is 24.5 Å². The molecule has 6 rings (SSSR count). The van der Waals surface area contributed by atoms with E-state index >= 15 is 0 Å². The molecule has 0 fully saturated rings. The van der Waals surface area contributed by atoms with Gasteiger partial charge in [0, 0.05) is 30.0 Å². The summed E-state index contributed by atoms with van der Waals surface area (Å²) in [5.74, 6) is -1.49. The molecular formula is C42H37N7O13S2. The molecule has 6 aromatic carbocycles. The van der Waals surface area contributed by atoms with E-state index in [1.54, 1.807) is 48.5 Å². The molecule has 7 N–H and O–H groups in total. The van der Waals surface area contributed by atoms with Gasteiger partial charge in [0.1, 0.15) is 11.5 Å². The second-order valence-corrected chi connectivity index (χ2v) is 16.8. The van der Waals surface area contributed by atoms with Crippen LogP contribution in [0.2, 0.25) is 0 Å². The molecule has 6 aromatic rings. The van der Waals surface area contributed by atoms with E-state index in [1.807, 2.05) is 0 Å². The quantitative estimate of drug-likeness (QED) is 0.0486. The van der Waals surface area contributed by atoms with Crippen LogP contribution in [0, 0.1) is 20.2 Å². The number of anilines is 4. The Balaban J connectivity index is 0.000000243. The van der Waals surface area contributed by atoms with Gasteiger partial charge in [-0.05, 0) is 72.8 Å². The number of methoxy groups -OCH3 is 2. The maximum atomic E-state index is 13.4. The number of ether oxygens (including phenoxy) is 2. The van der Waals surface area contributed by atoms with E-state index in [4.69, 9.17) is 20.9 Å². The lowest BCUT2D eigenvalue weighted by molar-refractivity contribution is -0.385. The number of non-ortho nitro benzene ring substituents is 2. The van der Waals surface area contributed by atoms with E-state index in [0.717, 1.165) is 48.5 Å². The molecule has 0 aliphatic rings. The summed E-state index contributed by atoms with van der Waals surface area (Å²) in [6.07, 6.45) is 0. The summed E-state index contributed by atoms with van der Waals surface area (Å²) < 4.78 is 63.5. The van der Waals surface area contributed by atoms with Gasteiger partial charge < -0.3 is 36.9 Å². The minimum atomic E-state index is -4.33. The highest BCUT2D eigenvalue weighted by Crippen LogP contribution is 2.34. The molecule has 3 amide bonds. The van der Waals surface area contributed by atoms with Crippen LogP contribution in [0.15, 0.2) is 153 Å². The van der Waals surface area contributed by atoms with Crippen molar-refractivity contribution in [2.24, 2.45) is 5.73 Å². The van der Waals surface area contributed by atoms with Gasteiger partial charge in [-0.25, -0.2) is 16.8 Å². The molecule has 0 saturated heterocycles. The zero-order valence-corrected chi connectivity index (χ0v) is 35.2. The third kappa shape index (κ3) is 10.4. The minimum Gasteiger partial charge on any atom is -0.495 e. The minimum absolute atomic E-state index is 0.0367. The fourth-order valence-corrected chi connectivity index (χ4v) is 8.89. The van der Waals surface area contributed by atoms with Gasteiger partial charge in [0.2, 0.25) is 25.6 Å². The Labute approximate surface area is 365 Å². The summed E-state index contributed by atoms with van der Waals surface area (Å²) in [5.41, 5.74) is 10.7. The number of nitro groups is 2. The Kier molecular flexibility index (Phi) is 14.7. The standard InChI is InChI=1S/C22H20N4O7S.C20H17N3O6S/c1-33-18-7-3-2-5-16(18)25-22(28)21-17(24-20(27)13-23)6-4-8-19(21)34(31,32)15-11-9-14(10-12-15)26(29)30;1-29-17-7-3-2-6-16(17)22-20(24)19-15(21)5-4-8-18(19)30(27,28)14-11-9-13(10-12-14)23(25)26/h2-12H,13,23H2,1H3,(H,24,27)(H,25,28);2-12H,21H2,1H3,(H,22,24). The van der Waals surface area contributed by atoms with Crippen molar-refractivity contribution in [2.75, 3.05) is 42.4 Å². The highest BCUT2D eigenvalue weighted by molar-refractivity contribution is 7.92. The average Bonchev–Trinajstić information content (AvgIpc) is 3.29. The molecule has 0 heterocycles. The normalized spacial score (nSPS) is 10.9. The van der Waals surface area contributed by atoms with Gasteiger partial charge in [-0.1, -0.05) is 36.4 Å². The van der Waals surface area contributed by atoms with Crippen LogP contribution in [-0.4, -0.2) is 65.2 Å². The van der Waals surface area contributed by atoms with Crippen LogP contribution in [0.4, 0.5) is 34.1 Å². The van der Waals surface area contributed by atoms with Crippen molar-refractivity contribution >= 4 is 71.5 Å². The van der Waals surface area contributed by atoms with Crippen molar-refractivity contribution in [2.45, 2.75) is 19.6 Å². The Hall–Kier alpha value is -8.21. The number of para-hydroxylation sites is 4. The number of nitro benzene ring substituents is 2. The van der Waals surface area contributed by atoms with E-state index in [2.05, 4.69) is 16.0 Å². The van der Waals surface area contributed by atoms with Crippen LogP contribution in [0.25, 0.3) is 0 Å². The summed E-state index contributed by atoms with van der Waals surface area (Å²) in [6.45, 7) is -0.396. The highest BCUT2D eigenvalue weighted by atomic mass is 32.2. The summed E-state index contributed by atoms with van der Waals surface area (Å²) in [4.78, 5) is 57.4. The van der Waals surface area contributed by atoms with Crippen LogP contribution >= 0.6 is 0 Å². The van der Waals surface area contributed by atoms with Crippen LogP contribution in [0.5, 0.6) is 11.5 Å². The maximum absolute atomic E-state index is 13.4. The average molecular weight is 912 g/mol. The predicted molar refractivity (Wildman–Crippen MR) is 234 cm³/mol. The monoisotopic (exact) mass is 911 g/mol. The lowest BCUT2D eigenvalue weighted by Crippen LogP contribution is -2.25. The van der Waals surface area contributed by atoms with Gasteiger partial charge in [0.05, 0.1) is 78.4 Å². The zero-order chi connectivity index (χ0) is 46.8. The molecule has 0 spiro atoms. The second kappa shape index (κ2) is 20.1. The maximum Gasteiger partial charge on any atom is 0.269 e. The van der Waals surface area contributed by atoms with E-state index in [-0.39, 0.29) is 54.3 Å². The molecule has 0 unspecified atom stereocenters. The Morgan fingerprint density at radius 1 is 0.547 bits per heavy atom. The van der Waals surface area contributed by atoms with Crippen LogP contribution in [0.3, 0.4) is 0 Å². The number of nitrogen functional groups attached to an aromatic ring is 1. The fraction of sp³-hybridized carbons (Fsp3) is 0.0714. The fourth-order valence-electron chi connectivity index (χ4n) is 5.92. The van der Waals surface area contributed by atoms with Crippen molar-refractivity contribution in [1.82, 2.24) is 0 Å². The number of nitrogens with one attached hydrogen (secondary N) is 3. The van der Waals surface area contributed by atoms with Crippen molar-refractivity contribution in [1.29, 1.82) is 0 Å². The number of amides is 3. The first-order valence-corrected chi connectivity index (χ1v) is 21.3. The third-order valence-electron chi connectivity index (χ3n) is 9.00. The van der Waals surface area contributed by atoms with Gasteiger partial charge in [0.25, 0.3) is 23.2 Å². The lowest BCUT2D eigenvalue weighted by atomic mass is 10.1. The largest absolute Gasteiger partial charge is 0.495 e. The second-order valence-electron chi connectivity index (χ2n) is 13.0. The molecule has 330 valence electrons. The van der Waals surface area contributed by atoms with Gasteiger partial charge >= 0.3 is 0 Å². The molecule has 20 nitrogen and oxygen atoms in total. The first kappa shape index (κ1) is 46.8. The number of hydrogen-bond donors (Lipinski definition) is 5. The van der Waals surface area contributed by atoms with E-state index in [9.17, 15) is 51.4 Å². The number of nitrogens with zero attached hydrogens (tertiary/aromatic N) is 2. The number of rotatable bonds is 14. The molecule has 0 atom stereocenters. The lowest BCUT2D eigenvalue weighted by Gasteiger charge is -2.17. The van der Waals surface area contributed by atoms with E-state index < -0.39 is 58.7 Å². The van der Waals surface area contributed by atoms with Crippen LogP contribution in [0.1, 0.15) is 20.7 Å². The van der Waals surface area contributed by atoms with E-state index in [1.165, 1.54) is 50.6 Å². The van der Waals surface area contributed by atoms with E-state index in [0.29, 0.717) is 17.2 Å². The summed E-state index contributed by atoms with van der Waals surface area (Å²) in [6, 6.07) is 29.7. The molecule has 0 aliphatic heterocycles. The van der Waals surface area contributed by atoms with Crippen molar-refractivity contribution < 1.29 is 50.5 Å². The number of sulfone groups is 2. The van der Waals surface area contributed by atoms with Gasteiger partial charge in [0.15, 0.2) is 0 Å². The van der Waals surface area contributed by atoms with Gasteiger partial charge in [-0.2, -0.15) is 0 Å². The number of hydrogen-bond acceptors (Lipinski definition) is 15. The summed E-state index contributed by atoms with van der Waals surface area (Å²) >= 11 is 0. The van der Waals surface area contributed by atoms with Crippen molar-refractivity contribution in [3.63, 3.8) is 0 Å². The smallest absolute Gasteiger partial charge is 0.269 e. The zero-order valence-electron chi connectivity index (χ0n) is 33.6. The molecule has 22 heteroatoms.